The molecule has 1 atom stereocenters. The predicted molar refractivity (Wildman–Crippen MR) is 100 cm³/mol. The molecule has 0 heterocycles. The van der Waals surface area contributed by atoms with Crippen molar-refractivity contribution in [2.24, 2.45) is 5.73 Å². The summed E-state index contributed by atoms with van der Waals surface area (Å²) in [5.41, 5.74) is 11.1. The summed E-state index contributed by atoms with van der Waals surface area (Å²) in [4.78, 5) is 0. The Kier molecular flexibility index (Phi) is 6.68. The third kappa shape index (κ3) is 4.30. The molecule has 0 aromatic heterocycles. The molecule has 0 bridgehead atoms. The van der Waals surface area contributed by atoms with Crippen molar-refractivity contribution in [1.82, 2.24) is 0 Å². The maximum atomic E-state index is 6.12. The van der Waals surface area contributed by atoms with E-state index in [9.17, 15) is 0 Å². The summed E-state index contributed by atoms with van der Waals surface area (Å²) in [7, 11) is 0. The van der Waals surface area contributed by atoms with Crippen LogP contribution in [0.1, 0.15) is 42.0 Å². The smallest absolute Gasteiger partial charge is 0.164 e. The molecule has 0 amide bonds. The number of ether oxygens (including phenoxy) is 2. The van der Waals surface area contributed by atoms with Gasteiger partial charge in [-0.2, -0.15) is 0 Å². The van der Waals surface area contributed by atoms with E-state index in [0.29, 0.717) is 19.8 Å². The fourth-order valence-corrected chi connectivity index (χ4v) is 3.08. The molecule has 1 unspecified atom stereocenters. The number of para-hydroxylation sites is 1. The maximum absolute atomic E-state index is 6.12. The largest absolute Gasteiger partial charge is 0.490 e. The van der Waals surface area contributed by atoms with Gasteiger partial charge in [0.25, 0.3) is 0 Å². The van der Waals surface area contributed by atoms with Gasteiger partial charge in [0.1, 0.15) is 0 Å². The average Bonchev–Trinajstić information content (AvgIpc) is 2.58. The molecule has 0 aliphatic heterocycles. The van der Waals surface area contributed by atoms with Crippen LogP contribution in [0.2, 0.25) is 0 Å². The summed E-state index contributed by atoms with van der Waals surface area (Å²) in [6.45, 7) is 10.1. The van der Waals surface area contributed by atoms with E-state index in [-0.39, 0.29) is 5.92 Å². The van der Waals surface area contributed by atoms with Gasteiger partial charge >= 0.3 is 0 Å². The zero-order chi connectivity index (χ0) is 17.5. The molecule has 0 spiro atoms. The van der Waals surface area contributed by atoms with Crippen LogP contribution in [-0.4, -0.2) is 19.8 Å². The van der Waals surface area contributed by atoms with Crippen LogP contribution in [0.3, 0.4) is 0 Å². The normalized spacial score (nSPS) is 12.0. The Morgan fingerprint density at radius 1 is 1.00 bits per heavy atom. The summed E-state index contributed by atoms with van der Waals surface area (Å²) in [5.74, 6) is 1.93. The summed E-state index contributed by atoms with van der Waals surface area (Å²) < 4.78 is 11.6. The minimum Gasteiger partial charge on any atom is -0.490 e. The third-order valence-electron chi connectivity index (χ3n) is 4.27. The second kappa shape index (κ2) is 8.74. The van der Waals surface area contributed by atoms with E-state index in [1.54, 1.807) is 0 Å². The Morgan fingerprint density at radius 3 is 2.42 bits per heavy atom. The first-order valence-corrected chi connectivity index (χ1v) is 8.75. The molecule has 130 valence electrons. The number of hydrogen-bond donors (Lipinski definition) is 1. The van der Waals surface area contributed by atoms with Crippen LogP contribution in [0.15, 0.2) is 36.4 Å². The Morgan fingerprint density at radius 2 is 1.75 bits per heavy atom. The minimum absolute atomic E-state index is 0.265. The molecule has 24 heavy (non-hydrogen) atoms. The number of nitrogens with two attached hydrogens (primary N) is 1. The molecule has 0 aliphatic rings. The molecule has 2 aromatic carbocycles. The lowest BCUT2D eigenvalue weighted by molar-refractivity contribution is 0.285. The summed E-state index contributed by atoms with van der Waals surface area (Å²) in [5, 5.41) is 0. The third-order valence-corrected chi connectivity index (χ3v) is 4.27. The summed E-state index contributed by atoms with van der Waals surface area (Å²) >= 11 is 0. The second-order valence-corrected chi connectivity index (χ2v) is 6.11. The highest BCUT2D eigenvalue weighted by molar-refractivity contribution is 5.48. The van der Waals surface area contributed by atoms with Gasteiger partial charge in [0.05, 0.1) is 13.2 Å². The Balaban J connectivity index is 2.37. The standard InChI is InChI=1S/C21H29NO2/c1-5-23-20-9-7-8-17(21(20)24-6-2)13-18(14-22)19-12-15(3)10-11-16(19)4/h7-12,18H,5-6,13-14,22H2,1-4H3. The van der Waals surface area contributed by atoms with E-state index in [2.05, 4.69) is 38.1 Å². The molecule has 0 saturated heterocycles. The zero-order valence-corrected chi connectivity index (χ0v) is 15.3. The van der Waals surface area contributed by atoms with Crippen LogP contribution in [0, 0.1) is 13.8 Å². The Hall–Kier alpha value is -2.00. The number of benzene rings is 2. The predicted octanol–water partition coefficient (Wildman–Crippen LogP) is 4.39. The van der Waals surface area contributed by atoms with Crippen molar-refractivity contribution >= 4 is 0 Å². The molecule has 0 aliphatic carbocycles. The van der Waals surface area contributed by atoms with Crippen LogP contribution >= 0.6 is 0 Å². The van der Waals surface area contributed by atoms with Crippen molar-refractivity contribution in [3.63, 3.8) is 0 Å². The molecular weight excluding hydrogens is 298 g/mol. The van der Waals surface area contributed by atoms with Crippen molar-refractivity contribution in [3.05, 3.63) is 58.7 Å². The molecule has 2 aromatic rings. The summed E-state index contributed by atoms with van der Waals surface area (Å²) in [6, 6.07) is 12.7. The lowest BCUT2D eigenvalue weighted by Crippen LogP contribution is -2.17. The molecule has 3 nitrogen and oxygen atoms in total. The molecule has 0 fully saturated rings. The highest BCUT2D eigenvalue weighted by atomic mass is 16.5. The van der Waals surface area contributed by atoms with E-state index in [4.69, 9.17) is 15.2 Å². The number of rotatable bonds is 8. The number of hydrogen-bond acceptors (Lipinski definition) is 3. The molecule has 3 heteroatoms. The van der Waals surface area contributed by atoms with E-state index >= 15 is 0 Å². The van der Waals surface area contributed by atoms with Crippen molar-refractivity contribution in [2.75, 3.05) is 19.8 Å². The Bertz CT molecular complexity index is 667. The van der Waals surface area contributed by atoms with Crippen molar-refractivity contribution in [1.29, 1.82) is 0 Å². The molecule has 2 rings (SSSR count). The fraction of sp³-hybridized carbons (Fsp3) is 0.429. The molecular formula is C21H29NO2. The van der Waals surface area contributed by atoms with Crippen LogP contribution in [0.4, 0.5) is 0 Å². The topological polar surface area (TPSA) is 44.5 Å². The highest BCUT2D eigenvalue weighted by Gasteiger charge is 2.18. The lowest BCUT2D eigenvalue weighted by Gasteiger charge is -2.21. The van der Waals surface area contributed by atoms with Crippen LogP contribution in [-0.2, 0) is 6.42 Å². The van der Waals surface area contributed by atoms with E-state index < -0.39 is 0 Å². The second-order valence-electron chi connectivity index (χ2n) is 6.11. The van der Waals surface area contributed by atoms with Gasteiger partial charge in [-0.05, 0) is 63.4 Å². The van der Waals surface area contributed by atoms with Crippen LogP contribution in [0.5, 0.6) is 11.5 Å². The quantitative estimate of drug-likeness (QED) is 0.782. The first-order chi connectivity index (χ1) is 11.6. The summed E-state index contributed by atoms with van der Waals surface area (Å²) in [6.07, 6.45) is 0.844. The maximum Gasteiger partial charge on any atom is 0.164 e. The van der Waals surface area contributed by atoms with Gasteiger partial charge in [-0.15, -0.1) is 0 Å². The van der Waals surface area contributed by atoms with Gasteiger partial charge < -0.3 is 15.2 Å². The minimum atomic E-state index is 0.265. The van der Waals surface area contributed by atoms with Gasteiger partial charge in [0.15, 0.2) is 11.5 Å². The van der Waals surface area contributed by atoms with Gasteiger partial charge in [0.2, 0.25) is 0 Å². The molecule has 0 saturated carbocycles. The highest BCUT2D eigenvalue weighted by Crippen LogP contribution is 2.35. The van der Waals surface area contributed by atoms with Gasteiger partial charge in [0, 0.05) is 5.92 Å². The van der Waals surface area contributed by atoms with Gasteiger partial charge in [-0.1, -0.05) is 35.9 Å². The van der Waals surface area contributed by atoms with Crippen molar-refractivity contribution in [2.45, 2.75) is 40.0 Å². The van der Waals surface area contributed by atoms with E-state index in [0.717, 1.165) is 23.5 Å². The van der Waals surface area contributed by atoms with Crippen molar-refractivity contribution < 1.29 is 9.47 Å². The van der Waals surface area contributed by atoms with Gasteiger partial charge in [-0.3, -0.25) is 0 Å². The first-order valence-electron chi connectivity index (χ1n) is 8.75. The first kappa shape index (κ1) is 18.3. The zero-order valence-electron chi connectivity index (χ0n) is 15.3. The van der Waals surface area contributed by atoms with Gasteiger partial charge in [-0.25, -0.2) is 0 Å². The average molecular weight is 327 g/mol. The number of aryl methyl sites for hydroxylation is 2. The van der Waals surface area contributed by atoms with Crippen LogP contribution in [0.25, 0.3) is 0 Å². The SMILES string of the molecule is CCOc1cccc(CC(CN)c2cc(C)ccc2C)c1OCC. The van der Waals surface area contributed by atoms with Crippen LogP contribution < -0.4 is 15.2 Å². The fourth-order valence-electron chi connectivity index (χ4n) is 3.08. The lowest BCUT2D eigenvalue weighted by atomic mass is 9.88. The van der Waals surface area contributed by atoms with E-state index in [1.165, 1.54) is 16.7 Å². The Labute approximate surface area is 145 Å². The monoisotopic (exact) mass is 327 g/mol. The molecule has 0 radical (unpaired) electrons. The van der Waals surface area contributed by atoms with E-state index in [1.807, 2.05) is 26.0 Å². The van der Waals surface area contributed by atoms with Crippen molar-refractivity contribution in [3.8, 4) is 11.5 Å². The molecule has 2 N–H and O–H groups in total.